The second-order valence-corrected chi connectivity index (χ2v) is 2.03. The van der Waals surface area contributed by atoms with E-state index in [0.717, 1.165) is 5.56 Å². The van der Waals surface area contributed by atoms with Gasteiger partial charge in [0.25, 0.3) is 0 Å². The van der Waals surface area contributed by atoms with Crippen LogP contribution in [0.5, 0.6) is 0 Å². The molecule has 0 N–H and O–H groups in total. The van der Waals surface area contributed by atoms with Crippen LogP contribution >= 0.6 is 0 Å². The van der Waals surface area contributed by atoms with Gasteiger partial charge < -0.3 is 7.43 Å². The molecule has 1 aromatic carbocycles. The first kappa shape index (κ1) is 13.6. The van der Waals surface area contributed by atoms with Gasteiger partial charge in [-0.15, -0.1) is 6.42 Å². The van der Waals surface area contributed by atoms with Crippen molar-refractivity contribution in [3.05, 3.63) is 43.3 Å². The fourth-order valence-electron chi connectivity index (χ4n) is 0.534. The van der Waals surface area contributed by atoms with Gasteiger partial charge in [-0.25, -0.2) is 0 Å². The minimum absolute atomic E-state index is 0. The van der Waals surface area contributed by atoms with Crippen molar-refractivity contribution in [3.8, 4) is 12.3 Å². The van der Waals surface area contributed by atoms with Crippen LogP contribution in [-0.4, -0.2) is 0 Å². The second kappa shape index (κ2) is 10.0. The average Bonchev–Trinajstić information content (AvgIpc) is 2.08. The van der Waals surface area contributed by atoms with Crippen LogP contribution in [0.15, 0.2) is 30.3 Å². The van der Waals surface area contributed by atoms with Crippen molar-refractivity contribution in [1.82, 2.24) is 0 Å². The van der Waals surface area contributed by atoms with Crippen molar-refractivity contribution in [3.63, 3.8) is 0 Å². The first-order valence-electron chi connectivity index (χ1n) is 2.76. The molecule has 0 fully saturated rings. The SMILES string of the molecule is C#Cc1ccccc1.[CH3-].[O]=[Re]=[O]. The molecule has 0 aliphatic rings. The standard InChI is InChI=1S/C8H6.CH3.2O.Re/c1-2-8-6-4-3-5-7-8;;;;/h1,3-7H;1H3;;;/q;-1;;;. The molecule has 1 rings (SSSR count). The zero-order valence-corrected chi connectivity index (χ0v) is 9.37. The molecular formula is C9H9O2Re-. The maximum atomic E-state index is 8.53. The Hall–Kier alpha value is -0.958. The van der Waals surface area contributed by atoms with Crippen LogP contribution < -0.4 is 0 Å². The fourth-order valence-corrected chi connectivity index (χ4v) is 0.534. The summed E-state index contributed by atoms with van der Waals surface area (Å²) in [5.74, 6) is 2.53. The third kappa shape index (κ3) is 7.15. The van der Waals surface area contributed by atoms with E-state index in [9.17, 15) is 0 Å². The Morgan fingerprint density at radius 1 is 1.17 bits per heavy atom. The van der Waals surface area contributed by atoms with Crippen molar-refractivity contribution in [2.24, 2.45) is 0 Å². The van der Waals surface area contributed by atoms with E-state index in [0.29, 0.717) is 0 Å². The van der Waals surface area contributed by atoms with Crippen molar-refractivity contribution in [2.45, 2.75) is 0 Å². The van der Waals surface area contributed by atoms with Gasteiger partial charge in [-0.2, -0.15) is 0 Å². The van der Waals surface area contributed by atoms with E-state index in [1.54, 1.807) is 0 Å². The molecule has 0 spiro atoms. The summed E-state index contributed by atoms with van der Waals surface area (Å²) in [6.07, 6.45) is 5.10. The molecule has 3 heteroatoms. The molecule has 0 heterocycles. The summed E-state index contributed by atoms with van der Waals surface area (Å²) in [7, 11) is 0. The molecule has 12 heavy (non-hydrogen) atoms. The van der Waals surface area contributed by atoms with Crippen molar-refractivity contribution in [2.75, 3.05) is 0 Å². The molecule has 0 atom stereocenters. The van der Waals surface area contributed by atoms with Crippen LogP contribution in [0.4, 0.5) is 0 Å². The van der Waals surface area contributed by atoms with Crippen LogP contribution in [-0.2, 0) is 24.8 Å². The predicted molar refractivity (Wildman–Crippen MR) is 42.2 cm³/mol. The van der Waals surface area contributed by atoms with Gasteiger partial charge in [-0.3, -0.25) is 0 Å². The quantitative estimate of drug-likeness (QED) is 0.536. The van der Waals surface area contributed by atoms with E-state index in [2.05, 4.69) is 5.92 Å². The van der Waals surface area contributed by atoms with Gasteiger partial charge in [0.2, 0.25) is 0 Å². The van der Waals surface area contributed by atoms with Gasteiger partial charge in [0, 0.05) is 5.56 Å². The summed E-state index contributed by atoms with van der Waals surface area (Å²) in [6.45, 7) is 0. The molecule has 0 radical (unpaired) electrons. The first-order chi connectivity index (χ1) is 5.35. The van der Waals surface area contributed by atoms with E-state index in [1.807, 2.05) is 30.3 Å². The Labute approximate surface area is 80.7 Å². The predicted octanol–water partition coefficient (Wildman–Crippen LogP) is 1.88. The van der Waals surface area contributed by atoms with Crippen LogP contribution in [0, 0.1) is 19.8 Å². The first-order valence-corrected chi connectivity index (χ1v) is 4.98. The van der Waals surface area contributed by atoms with Gasteiger partial charge in [-0.1, -0.05) is 24.1 Å². The molecule has 0 aromatic heterocycles. The molecule has 0 aliphatic heterocycles. The van der Waals surface area contributed by atoms with Crippen molar-refractivity contribution < 1.29 is 24.8 Å². The monoisotopic (exact) mass is 336 g/mol. The summed E-state index contributed by atoms with van der Waals surface area (Å²) in [6, 6.07) is 9.60. The van der Waals surface area contributed by atoms with Crippen LogP contribution in [0.1, 0.15) is 5.56 Å². The van der Waals surface area contributed by atoms with Gasteiger partial charge >= 0.3 is 24.8 Å². The summed E-state index contributed by atoms with van der Waals surface area (Å²) >= 11 is -2.17. The molecule has 0 aliphatic carbocycles. The summed E-state index contributed by atoms with van der Waals surface area (Å²) in [4.78, 5) is 0. The van der Waals surface area contributed by atoms with Crippen molar-refractivity contribution >= 4 is 0 Å². The van der Waals surface area contributed by atoms with Crippen LogP contribution in [0.2, 0.25) is 0 Å². The number of hydrogen-bond acceptors (Lipinski definition) is 2. The van der Waals surface area contributed by atoms with E-state index < -0.39 is 17.9 Å². The molecule has 0 bridgehead atoms. The summed E-state index contributed by atoms with van der Waals surface area (Å²) in [5.41, 5.74) is 0.938. The molecule has 2 nitrogen and oxygen atoms in total. The Kier molecular flexibility index (Phi) is 11.4. The van der Waals surface area contributed by atoms with E-state index in [4.69, 9.17) is 13.4 Å². The Morgan fingerprint density at radius 2 is 1.58 bits per heavy atom. The molecular weight excluding hydrogens is 326 g/mol. The van der Waals surface area contributed by atoms with E-state index in [-0.39, 0.29) is 7.43 Å². The summed E-state index contributed by atoms with van der Waals surface area (Å²) < 4.78 is 17.1. The van der Waals surface area contributed by atoms with Crippen LogP contribution in [0.25, 0.3) is 0 Å². The Bertz CT molecular complexity index is 268. The van der Waals surface area contributed by atoms with Gasteiger partial charge in [-0.05, 0) is 12.1 Å². The zero-order valence-electron chi connectivity index (χ0n) is 6.66. The molecule has 0 unspecified atom stereocenters. The average molecular weight is 335 g/mol. The fraction of sp³-hybridized carbons (Fsp3) is 0. The van der Waals surface area contributed by atoms with E-state index in [1.165, 1.54) is 0 Å². The van der Waals surface area contributed by atoms with Crippen LogP contribution in [0.3, 0.4) is 0 Å². The summed E-state index contributed by atoms with van der Waals surface area (Å²) in [5, 5.41) is 0. The van der Waals surface area contributed by atoms with Gasteiger partial charge in [0.1, 0.15) is 0 Å². The van der Waals surface area contributed by atoms with Crippen molar-refractivity contribution in [1.29, 1.82) is 0 Å². The minimum atomic E-state index is -2.17. The molecule has 1 aromatic rings. The number of hydrogen-bond donors (Lipinski definition) is 0. The number of terminal acetylenes is 1. The topological polar surface area (TPSA) is 34.1 Å². The molecule has 0 saturated carbocycles. The van der Waals surface area contributed by atoms with Gasteiger partial charge in [0.05, 0.1) is 0 Å². The van der Waals surface area contributed by atoms with E-state index >= 15 is 0 Å². The number of rotatable bonds is 0. The molecule has 65 valence electrons. The Balaban J connectivity index is 0. The second-order valence-electron chi connectivity index (χ2n) is 1.57. The van der Waals surface area contributed by atoms with Gasteiger partial charge in [0.15, 0.2) is 0 Å². The maximum absolute atomic E-state index is 8.53. The third-order valence-electron chi connectivity index (χ3n) is 0.940. The number of benzene rings is 1. The normalized spacial score (nSPS) is 6.25. The third-order valence-corrected chi connectivity index (χ3v) is 0.940. The Morgan fingerprint density at radius 3 is 1.83 bits per heavy atom. The molecule has 0 amide bonds. The zero-order chi connectivity index (χ0) is 8.53. The molecule has 0 saturated heterocycles.